The van der Waals surface area contributed by atoms with Crippen molar-refractivity contribution in [3.8, 4) is 11.3 Å². The van der Waals surface area contributed by atoms with Crippen molar-refractivity contribution in [2.24, 2.45) is 13.0 Å². The number of hydrogen-bond donors (Lipinski definition) is 1. The highest BCUT2D eigenvalue weighted by Crippen LogP contribution is 2.41. The summed E-state index contributed by atoms with van der Waals surface area (Å²) in [6.07, 6.45) is 5.11. The van der Waals surface area contributed by atoms with Gasteiger partial charge in [-0.05, 0) is 36.6 Å². The zero-order chi connectivity index (χ0) is 17.4. The van der Waals surface area contributed by atoms with Crippen molar-refractivity contribution in [1.82, 2.24) is 9.55 Å². The van der Waals surface area contributed by atoms with E-state index in [9.17, 15) is 4.79 Å². The number of fused-ring (bicyclic) bond motifs is 1. The Bertz CT molecular complexity index is 913. The molecule has 4 rings (SSSR count). The number of carbonyl (C=O) groups excluding carboxylic acids is 1. The highest BCUT2D eigenvalue weighted by atomic mass is 16.1. The van der Waals surface area contributed by atoms with Gasteiger partial charge in [-0.1, -0.05) is 25.1 Å². The standard InChI is InChI=1S/C21H21N3O/c1-14-12-17-19(18(25)13-14)20(23-16-6-4-3-5-7-16)21(24(17)2)15-8-10-22-11-9-15/h3-11,14,23H,12-13H2,1-2H3. The van der Waals surface area contributed by atoms with E-state index in [1.807, 2.05) is 42.5 Å². The van der Waals surface area contributed by atoms with E-state index in [-0.39, 0.29) is 5.78 Å². The van der Waals surface area contributed by atoms with Gasteiger partial charge < -0.3 is 9.88 Å². The maximum absolute atomic E-state index is 12.8. The third-order valence-corrected chi connectivity index (χ3v) is 4.87. The van der Waals surface area contributed by atoms with Crippen molar-refractivity contribution < 1.29 is 4.79 Å². The van der Waals surface area contributed by atoms with Crippen molar-refractivity contribution in [2.45, 2.75) is 19.8 Å². The second kappa shape index (κ2) is 6.20. The molecule has 0 fully saturated rings. The molecule has 25 heavy (non-hydrogen) atoms. The number of aromatic nitrogens is 2. The molecule has 1 aromatic carbocycles. The molecule has 3 aromatic rings. The summed E-state index contributed by atoms with van der Waals surface area (Å²) in [6, 6.07) is 14.0. The molecule has 1 N–H and O–H groups in total. The largest absolute Gasteiger partial charge is 0.353 e. The topological polar surface area (TPSA) is 46.9 Å². The van der Waals surface area contributed by atoms with Gasteiger partial charge in [-0.3, -0.25) is 9.78 Å². The Labute approximate surface area is 147 Å². The summed E-state index contributed by atoms with van der Waals surface area (Å²) in [5.74, 6) is 0.603. The number of hydrogen-bond acceptors (Lipinski definition) is 3. The molecule has 0 spiro atoms. The molecule has 1 aliphatic carbocycles. The molecule has 0 saturated carbocycles. The van der Waals surface area contributed by atoms with Gasteiger partial charge in [0.15, 0.2) is 5.78 Å². The highest BCUT2D eigenvalue weighted by Gasteiger charge is 2.32. The van der Waals surface area contributed by atoms with E-state index in [2.05, 4.69) is 28.8 Å². The minimum absolute atomic E-state index is 0.225. The Morgan fingerprint density at radius 1 is 1.08 bits per heavy atom. The summed E-state index contributed by atoms with van der Waals surface area (Å²) >= 11 is 0. The number of ketones is 1. The number of pyridine rings is 1. The number of para-hydroxylation sites is 1. The molecule has 1 aliphatic rings. The van der Waals surface area contributed by atoms with Crippen LogP contribution < -0.4 is 5.32 Å². The Morgan fingerprint density at radius 3 is 2.52 bits per heavy atom. The van der Waals surface area contributed by atoms with Crippen LogP contribution in [0, 0.1) is 5.92 Å². The van der Waals surface area contributed by atoms with Crippen molar-refractivity contribution in [3.63, 3.8) is 0 Å². The molecule has 2 heterocycles. The highest BCUT2D eigenvalue weighted by molar-refractivity contribution is 6.07. The first-order chi connectivity index (χ1) is 12.1. The monoisotopic (exact) mass is 331 g/mol. The smallest absolute Gasteiger partial charge is 0.167 e. The lowest BCUT2D eigenvalue weighted by Gasteiger charge is -2.19. The first kappa shape index (κ1) is 15.6. The van der Waals surface area contributed by atoms with Crippen LogP contribution in [0.25, 0.3) is 11.3 Å². The van der Waals surface area contributed by atoms with E-state index in [1.54, 1.807) is 12.4 Å². The fraction of sp³-hybridized carbons (Fsp3) is 0.238. The third kappa shape index (κ3) is 2.74. The van der Waals surface area contributed by atoms with E-state index >= 15 is 0 Å². The fourth-order valence-corrected chi connectivity index (χ4v) is 3.73. The summed E-state index contributed by atoms with van der Waals surface area (Å²) in [4.78, 5) is 17.0. The van der Waals surface area contributed by atoms with Crippen LogP contribution in [0.15, 0.2) is 54.9 Å². The predicted molar refractivity (Wildman–Crippen MR) is 100 cm³/mol. The van der Waals surface area contributed by atoms with Gasteiger partial charge in [0.05, 0.1) is 16.9 Å². The maximum Gasteiger partial charge on any atom is 0.167 e. The van der Waals surface area contributed by atoms with Gasteiger partial charge in [-0.25, -0.2) is 0 Å². The Balaban J connectivity index is 1.94. The molecule has 126 valence electrons. The van der Waals surface area contributed by atoms with Gasteiger partial charge >= 0.3 is 0 Å². The minimum atomic E-state index is 0.225. The van der Waals surface area contributed by atoms with Gasteiger partial charge in [0, 0.05) is 42.8 Å². The van der Waals surface area contributed by atoms with E-state index < -0.39 is 0 Å². The SMILES string of the molecule is CC1CC(=O)c2c(Nc3ccccc3)c(-c3ccncc3)n(C)c2C1. The summed E-state index contributed by atoms with van der Waals surface area (Å²) < 4.78 is 2.17. The molecule has 0 amide bonds. The average Bonchev–Trinajstić information content (AvgIpc) is 2.89. The van der Waals surface area contributed by atoms with Gasteiger partial charge in [-0.15, -0.1) is 0 Å². The number of Topliss-reactive ketones (excluding diaryl/α,β-unsaturated/α-hetero) is 1. The van der Waals surface area contributed by atoms with Crippen LogP contribution in [0.4, 0.5) is 11.4 Å². The van der Waals surface area contributed by atoms with E-state index in [4.69, 9.17) is 0 Å². The quantitative estimate of drug-likeness (QED) is 0.763. The lowest BCUT2D eigenvalue weighted by molar-refractivity contribution is 0.0953. The van der Waals surface area contributed by atoms with Crippen LogP contribution in [0.2, 0.25) is 0 Å². The van der Waals surface area contributed by atoms with Gasteiger partial charge in [-0.2, -0.15) is 0 Å². The minimum Gasteiger partial charge on any atom is -0.353 e. The first-order valence-corrected chi connectivity index (χ1v) is 8.62. The summed E-state index contributed by atoms with van der Waals surface area (Å²) in [5.41, 5.74) is 5.96. The zero-order valence-electron chi connectivity index (χ0n) is 14.5. The lowest BCUT2D eigenvalue weighted by atomic mass is 9.87. The summed E-state index contributed by atoms with van der Waals surface area (Å²) in [7, 11) is 2.05. The number of nitrogens with one attached hydrogen (secondary N) is 1. The van der Waals surface area contributed by atoms with E-state index in [0.717, 1.165) is 40.3 Å². The number of nitrogens with zero attached hydrogens (tertiary/aromatic N) is 2. The van der Waals surface area contributed by atoms with Crippen LogP contribution >= 0.6 is 0 Å². The van der Waals surface area contributed by atoms with Crippen molar-refractivity contribution >= 4 is 17.2 Å². The first-order valence-electron chi connectivity index (χ1n) is 8.62. The second-order valence-corrected chi connectivity index (χ2v) is 6.77. The van der Waals surface area contributed by atoms with Crippen molar-refractivity contribution in [1.29, 1.82) is 0 Å². The second-order valence-electron chi connectivity index (χ2n) is 6.77. The number of anilines is 2. The molecule has 1 atom stereocenters. The molecule has 0 bridgehead atoms. The van der Waals surface area contributed by atoms with Crippen molar-refractivity contribution in [3.05, 3.63) is 66.1 Å². The fourth-order valence-electron chi connectivity index (χ4n) is 3.73. The van der Waals surface area contributed by atoms with Gasteiger partial charge in [0.25, 0.3) is 0 Å². The zero-order valence-corrected chi connectivity index (χ0v) is 14.5. The van der Waals surface area contributed by atoms with Gasteiger partial charge in [0.2, 0.25) is 0 Å². The molecule has 2 aromatic heterocycles. The number of carbonyl (C=O) groups is 1. The molecule has 4 nitrogen and oxygen atoms in total. The van der Waals surface area contributed by atoms with Crippen LogP contribution in [0.5, 0.6) is 0 Å². The molecule has 0 aliphatic heterocycles. The van der Waals surface area contributed by atoms with E-state index in [0.29, 0.717) is 12.3 Å². The number of benzene rings is 1. The molecule has 0 radical (unpaired) electrons. The average molecular weight is 331 g/mol. The molecular formula is C21H21N3O. The number of rotatable bonds is 3. The van der Waals surface area contributed by atoms with Crippen molar-refractivity contribution in [2.75, 3.05) is 5.32 Å². The molecular weight excluding hydrogens is 310 g/mol. The lowest BCUT2D eigenvalue weighted by Crippen LogP contribution is -2.19. The maximum atomic E-state index is 12.8. The third-order valence-electron chi connectivity index (χ3n) is 4.87. The van der Waals surface area contributed by atoms with Crippen LogP contribution in [-0.4, -0.2) is 15.3 Å². The Hall–Kier alpha value is -2.88. The predicted octanol–water partition coefficient (Wildman–Crippen LogP) is 4.60. The summed E-state index contributed by atoms with van der Waals surface area (Å²) in [5, 5.41) is 3.50. The molecule has 4 heteroatoms. The van der Waals surface area contributed by atoms with E-state index in [1.165, 1.54) is 0 Å². The Morgan fingerprint density at radius 2 is 1.80 bits per heavy atom. The molecule has 0 saturated heterocycles. The van der Waals surface area contributed by atoms with Crippen LogP contribution in [0.1, 0.15) is 29.4 Å². The Kier molecular flexibility index (Phi) is 3.88. The molecule has 1 unspecified atom stereocenters. The normalized spacial score (nSPS) is 16.6. The van der Waals surface area contributed by atoms with Gasteiger partial charge in [0.1, 0.15) is 0 Å². The summed E-state index contributed by atoms with van der Waals surface area (Å²) in [6.45, 7) is 2.14. The van der Waals surface area contributed by atoms with Crippen LogP contribution in [0.3, 0.4) is 0 Å². The van der Waals surface area contributed by atoms with Crippen LogP contribution in [-0.2, 0) is 13.5 Å².